The molecule has 0 aliphatic carbocycles. The van der Waals surface area contributed by atoms with Crippen LogP contribution >= 0.6 is 0 Å². The first-order chi connectivity index (χ1) is 15.0. The van der Waals surface area contributed by atoms with Gasteiger partial charge in [-0.05, 0) is 48.9 Å². The summed E-state index contributed by atoms with van der Waals surface area (Å²) in [6.45, 7) is 2.04. The molecule has 7 heteroatoms. The average molecular weight is 417 g/mol. The van der Waals surface area contributed by atoms with Crippen molar-refractivity contribution in [2.75, 3.05) is 26.6 Å². The lowest BCUT2D eigenvalue weighted by Gasteiger charge is -2.14. The Morgan fingerprint density at radius 1 is 0.935 bits per heavy atom. The molecule has 0 aliphatic heterocycles. The number of pyridine rings is 1. The number of rotatable bonds is 6. The summed E-state index contributed by atoms with van der Waals surface area (Å²) >= 11 is 0. The molecule has 2 aromatic heterocycles. The molecule has 0 atom stereocenters. The van der Waals surface area contributed by atoms with Gasteiger partial charge in [-0.25, -0.2) is 4.98 Å². The van der Waals surface area contributed by atoms with E-state index >= 15 is 0 Å². The molecule has 0 radical (unpaired) electrons. The Morgan fingerprint density at radius 3 is 2.23 bits per heavy atom. The van der Waals surface area contributed by atoms with Crippen molar-refractivity contribution in [2.24, 2.45) is 0 Å². The number of hydrogen-bond acceptors (Lipinski definition) is 5. The van der Waals surface area contributed by atoms with Gasteiger partial charge in [0, 0.05) is 29.2 Å². The van der Waals surface area contributed by atoms with Crippen molar-refractivity contribution >= 4 is 17.2 Å². The third kappa shape index (κ3) is 4.02. The molecule has 0 bridgehead atoms. The van der Waals surface area contributed by atoms with Crippen molar-refractivity contribution in [3.05, 3.63) is 72.1 Å². The van der Waals surface area contributed by atoms with E-state index in [0.29, 0.717) is 28.5 Å². The molecule has 2 aromatic carbocycles. The number of hydrogen-bond donors (Lipinski definition) is 1. The standard InChI is InChI=1S/C24H23N3O4/c1-15-9-10-27-14-19(26-22(27)11-15)16-5-7-18(8-6-16)25-24(28)17-12-20(29-2)23(31-4)21(13-17)30-3/h5-14H,1-4H3,(H,25,28). The third-order valence-corrected chi connectivity index (χ3v) is 4.98. The molecule has 1 N–H and O–H groups in total. The smallest absolute Gasteiger partial charge is 0.255 e. The lowest BCUT2D eigenvalue weighted by Crippen LogP contribution is -2.12. The highest BCUT2D eigenvalue weighted by Gasteiger charge is 2.17. The highest BCUT2D eigenvalue weighted by atomic mass is 16.5. The molecular weight excluding hydrogens is 394 g/mol. The molecule has 0 saturated carbocycles. The Morgan fingerprint density at radius 2 is 1.61 bits per heavy atom. The minimum atomic E-state index is -0.282. The van der Waals surface area contributed by atoms with Gasteiger partial charge < -0.3 is 23.9 Å². The van der Waals surface area contributed by atoms with Crippen molar-refractivity contribution < 1.29 is 19.0 Å². The van der Waals surface area contributed by atoms with Crippen LogP contribution in [-0.2, 0) is 0 Å². The van der Waals surface area contributed by atoms with E-state index in [4.69, 9.17) is 14.2 Å². The molecule has 0 aliphatic rings. The molecule has 0 fully saturated rings. The molecule has 2 heterocycles. The fourth-order valence-electron chi connectivity index (χ4n) is 3.36. The van der Waals surface area contributed by atoms with Gasteiger partial charge in [-0.15, -0.1) is 0 Å². The highest BCUT2D eigenvalue weighted by Crippen LogP contribution is 2.38. The second kappa shape index (κ2) is 8.39. The lowest BCUT2D eigenvalue weighted by molar-refractivity contribution is 0.102. The van der Waals surface area contributed by atoms with Crippen LogP contribution in [0.2, 0.25) is 0 Å². The van der Waals surface area contributed by atoms with Crippen LogP contribution in [0.4, 0.5) is 5.69 Å². The zero-order chi connectivity index (χ0) is 22.0. The summed E-state index contributed by atoms with van der Waals surface area (Å²) in [5.41, 5.74) is 4.96. The normalized spacial score (nSPS) is 10.7. The van der Waals surface area contributed by atoms with E-state index in [0.717, 1.165) is 22.5 Å². The van der Waals surface area contributed by atoms with Gasteiger partial charge in [0.15, 0.2) is 11.5 Å². The van der Waals surface area contributed by atoms with Crippen LogP contribution in [0.15, 0.2) is 60.9 Å². The predicted octanol–water partition coefficient (Wildman–Crippen LogP) is 4.59. The minimum Gasteiger partial charge on any atom is -0.493 e. The summed E-state index contributed by atoms with van der Waals surface area (Å²) in [5.74, 6) is 0.998. The summed E-state index contributed by atoms with van der Waals surface area (Å²) < 4.78 is 17.9. The zero-order valence-electron chi connectivity index (χ0n) is 17.8. The number of benzene rings is 2. The van der Waals surface area contributed by atoms with Crippen molar-refractivity contribution in [3.8, 4) is 28.5 Å². The first-order valence-corrected chi connectivity index (χ1v) is 9.69. The quantitative estimate of drug-likeness (QED) is 0.497. The second-order valence-corrected chi connectivity index (χ2v) is 7.04. The number of ether oxygens (including phenoxy) is 3. The Labute approximate surface area is 180 Å². The maximum Gasteiger partial charge on any atom is 0.255 e. The topological polar surface area (TPSA) is 74.1 Å². The summed E-state index contributed by atoms with van der Waals surface area (Å²) in [4.78, 5) is 17.4. The van der Waals surface area contributed by atoms with E-state index in [2.05, 4.69) is 10.3 Å². The number of fused-ring (bicyclic) bond motifs is 1. The van der Waals surface area contributed by atoms with Gasteiger partial charge in [0.1, 0.15) is 5.65 Å². The van der Waals surface area contributed by atoms with Gasteiger partial charge in [-0.3, -0.25) is 4.79 Å². The van der Waals surface area contributed by atoms with Crippen LogP contribution < -0.4 is 19.5 Å². The van der Waals surface area contributed by atoms with Gasteiger partial charge in [-0.2, -0.15) is 0 Å². The van der Waals surface area contributed by atoms with Crippen LogP contribution in [0.25, 0.3) is 16.9 Å². The molecule has 1 amide bonds. The number of imidazole rings is 1. The Balaban J connectivity index is 1.55. The number of carbonyl (C=O) groups is 1. The predicted molar refractivity (Wildman–Crippen MR) is 119 cm³/mol. The number of nitrogens with one attached hydrogen (secondary N) is 1. The molecule has 158 valence electrons. The van der Waals surface area contributed by atoms with Gasteiger partial charge in [0.25, 0.3) is 5.91 Å². The van der Waals surface area contributed by atoms with Crippen LogP contribution in [0.1, 0.15) is 15.9 Å². The molecule has 0 spiro atoms. The van der Waals surface area contributed by atoms with Crippen molar-refractivity contribution in [1.29, 1.82) is 0 Å². The van der Waals surface area contributed by atoms with Gasteiger partial charge in [0.2, 0.25) is 5.75 Å². The van der Waals surface area contributed by atoms with E-state index in [9.17, 15) is 4.79 Å². The third-order valence-electron chi connectivity index (χ3n) is 4.98. The van der Waals surface area contributed by atoms with Crippen molar-refractivity contribution in [3.63, 3.8) is 0 Å². The van der Waals surface area contributed by atoms with Gasteiger partial charge in [0.05, 0.1) is 27.0 Å². The Hall–Kier alpha value is -4.00. The van der Waals surface area contributed by atoms with E-state index in [-0.39, 0.29) is 5.91 Å². The average Bonchev–Trinajstić information content (AvgIpc) is 3.21. The fourth-order valence-corrected chi connectivity index (χ4v) is 3.36. The fraction of sp³-hybridized carbons (Fsp3) is 0.167. The van der Waals surface area contributed by atoms with Crippen LogP contribution in [0.5, 0.6) is 17.2 Å². The summed E-state index contributed by atoms with van der Waals surface area (Å²) in [5, 5.41) is 2.89. The van der Waals surface area contributed by atoms with Gasteiger partial charge >= 0.3 is 0 Å². The number of amides is 1. The zero-order valence-corrected chi connectivity index (χ0v) is 17.8. The maximum atomic E-state index is 12.8. The van der Waals surface area contributed by atoms with Gasteiger partial charge in [-0.1, -0.05) is 12.1 Å². The number of aromatic nitrogens is 2. The maximum absolute atomic E-state index is 12.8. The first-order valence-electron chi connectivity index (χ1n) is 9.69. The van der Waals surface area contributed by atoms with E-state index in [1.165, 1.54) is 21.3 Å². The monoisotopic (exact) mass is 417 g/mol. The SMILES string of the molecule is COc1cc(C(=O)Nc2ccc(-c3cn4ccc(C)cc4n3)cc2)cc(OC)c1OC. The number of carbonyl (C=O) groups excluding carboxylic acids is 1. The molecule has 31 heavy (non-hydrogen) atoms. The summed E-state index contributed by atoms with van der Waals surface area (Å²) in [6.07, 6.45) is 3.98. The summed E-state index contributed by atoms with van der Waals surface area (Å²) in [6, 6.07) is 14.9. The lowest BCUT2D eigenvalue weighted by atomic mass is 10.1. The number of anilines is 1. The molecule has 0 unspecified atom stereocenters. The number of methoxy groups -OCH3 is 3. The first kappa shape index (κ1) is 20.3. The van der Waals surface area contributed by atoms with E-state index in [1.54, 1.807) is 12.1 Å². The highest BCUT2D eigenvalue weighted by molar-refractivity contribution is 6.05. The van der Waals surface area contributed by atoms with Crippen LogP contribution in [0.3, 0.4) is 0 Å². The van der Waals surface area contributed by atoms with Crippen molar-refractivity contribution in [2.45, 2.75) is 6.92 Å². The summed E-state index contributed by atoms with van der Waals surface area (Å²) in [7, 11) is 4.54. The Bertz CT molecular complexity index is 1220. The molecule has 4 rings (SSSR count). The van der Waals surface area contributed by atoms with Crippen LogP contribution in [0, 0.1) is 6.92 Å². The van der Waals surface area contributed by atoms with Crippen molar-refractivity contribution in [1.82, 2.24) is 9.38 Å². The van der Waals surface area contributed by atoms with E-state index < -0.39 is 0 Å². The molecule has 0 saturated heterocycles. The minimum absolute atomic E-state index is 0.282. The largest absolute Gasteiger partial charge is 0.493 e. The molecular formula is C24H23N3O4. The molecule has 7 nitrogen and oxygen atoms in total. The number of aryl methyl sites for hydroxylation is 1. The van der Waals surface area contributed by atoms with E-state index in [1.807, 2.05) is 60.1 Å². The number of nitrogens with zero attached hydrogens (tertiary/aromatic N) is 2. The second-order valence-electron chi connectivity index (χ2n) is 7.04. The van der Waals surface area contributed by atoms with Crippen LogP contribution in [-0.4, -0.2) is 36.6 Å². The molecule has 4 aromatic rings. The Kier molecular flexibility index (Phi) is 5.49.